The Balaban J connectivity index is 1.45. The highest BCUT2D eigenvalue weighted by Crippen LogP contribution is 2.33. The minimum Gasteiger partial charge on any atom is -0.497 e. The lowest BCUT2D eigenvalue weighted by Gasteiger charge is -2.24. The average Bonchev–Trinajstić information content (AvgIpc) is 3.30. The lowest BCUT2D eigenvalue weighted by atomic mass is 9.93. The molecule has 0 spiro atoms. The number of nitrogens with one attached hydrogen (secondary N) is 1. The monoisotopic (exact) mass is 581 g/mol. The van der Waals surface area contributed by atoms with E-state index in [1.807, 2.05) is 18.2 Å². The van der Waals surface area contributed by atoms with Gasteiger partial charge in [-0.1, -0.05) is 12.1 Å². The summed E-state index contributed by atoms with van der Waals surface area (Å²) in [6, 6.07) is 13.3. The predicted molar refractivity (Wildman–Crippen MR) is 151 cm³/mol. The zero-order valence-corrected chi connectivity index (χ0v) is 23.4. The zero-order chi connectivity index (χ0) is 29.8. The van der Waals surface area contributed by atoms with Gasteiger partial charge in [0.05, 0.1) is 7.11 Å². The first kappa shape index (κ1) is 29.2. The van der Waals surface area contributed by atoms with Crippen molar-refractivity contribution in [2.24, 2.45) is 5.92 Å². The Hall–Kier alpha value is -4.25. The molecule has 0 radical (unpaired) electrons. The number of hydrogen-bond acceptors (Lipinski definition) is 6. The van der Waals surface area contributed by atoms with E-state index in [1.54, 1.807) is 36.9 Å². The molecule has 2 saturated heterocycles. The van der Waals surface area contributed by atoms with Crippen LogP contribution in [0, 0.1) is 12.8 Å². The van der Waals surface area contributed by atoms with E-state index in [1.165, 1.54) is 29.2 Å². The Morgan fingerprint density at radius 2 is 1.69 bits per heavy atom. The first-order valence-electron chi connectivity index (χ1n) is 13.8. The van der Waals surface area contributed by atoms with E-state index in [4.69, 9.17) is 9.47 Å². The molecule has 2 aromatic carbocycles. The Bertz CT molecular complexity index is 1470. The predicted octanol–water partition coefficient (Wildman–Crippen LogP) is 4.12. The van der Waals surface area contributed by atoms with Crippen LogP contribution in [0.1, 0.15) is 40.2 Å². The molecule has 0 aliphatic carbocycles. The summed E-state index contributed by atoms with van der Waals surface area (Å²) in [4.78, 5) is 42.4. The van der Waals surface area contributed by atoms with Crippen LogP contribution in [0.2, 0.25) is 0 Å². The van der Waals surface area contributed by atoms with Gasteiger partial charge in [0.25, 0.3) is 11.5 Å². The second-order valence-corrected chi connectivity index (χ2v) is 10.5. The van der Waals surface area contributed by atoms with Crippen molar-refractivity contribution in [2.45, 2.75) is 44.9 Å². The van der Waals surface area contributed by atoms with Crippen molar-refractivity contribution >= 4 is 17.5 Å². The van der Waals surface area contributed by atoms with Gasteiger partial charge in [0.1, 0.15) is 23.2 Å². The van der Waals surface area contributed by atoms with E-state index >= 15 is 0 Å². The maximum Gasteiger partial charge on any atom is 0.387 e. The summed E-state index contributed by atoms with van der Waals surface area (Å²) in [6.45, 7) is 0.838. The average molecular weight is 582 g/mol. The van der Waals surface area contributed by atoms with Crippen molar-refractivity contribution < 1.29 is 32.6 Å². The Morgan fingerprint density at radius 3 is 2.33 bits per heavy atom. The fourth-order valence-electron chi connectivity index (χ4n) is 5.59. The molecule has 2 atom stereocenters. The van der Waals surface area contributed by atoms with Crippen LogP contribution in [0.15, 0.2) is 65.6 Å². The smallest absolute Gasteiger partial charge is 0.387 e. The SMILES string of the molecule is COc1ccc([C@@H]2CN(c3c(C)ccn(CC4CCOCC4)c3=O)C(=O)[C@H]2NC(=O)c2ccc(OC(F)F)cc2)cc1. The molecule has 42 heavy (non-hydrogen) atoms. The van der Waals surface area contributed by atoms with Crippen molar-refractivity contribution in [3.63, 3.8) is 0 Å². The summed E-state index contributed by atoms with van der Waals surface area (Å²) in [5.74, 6) is -0.585. The zero-order valence-electron chi connectivity index (χ0n) is 23.4. The number of pyridine rings is 1. The number of methoxy groups -OCH3 is 1. The quantitative estimate of drug-likeness (QED) is 0.408. The van der Waals surface area contributed by atoms with Crippen molar-refractivity contribution in [2.75, 3.05) is 31.8 Å². The highest BCUT2D eigenvalue weighted by molar-refractivity contribution is 6.05. The third kappa shape index (κ3) is 6.30. The number of rotatable bonds is 9. The molecule has 2 fully saturated rings. The Kier molecular flexibility index (Phi) is 8.86. The largest absolute Gasteiger partial charge is 0.497 e. The van der Waals surface area contributed by atoms with Gasteiger partial charge in [-0.2, -0.15) is 8.78 Å². The first-order valence-corrected chi connectivity index (χ1v) is 13.8. The second-order valence-electron chi connectivity index (χ2n) is 10.5. The topological polar surface area (TPSA) is 99.1 Å². The molecule has 2 aliphatic rings. The van der Waals surface area contributed by atoms with Gasteiger partial charge in [0.2, 0.25) is 5.91 Å². The van der Waals surface area contributed by atoms with E-state index in [9.17, 15) is 23.2 Å². The minimum atomic E-state index is -2.99. The van der Waals surface area contributed by atoms with Crippen LogP contribution in [-0.4, -0.2) is 55.9 Å². The highest BCUT2D eigenvalue weighted by atomic mass is 19.3. The molecule has 11 heteroatoms. The second kappa shape index (κ2) is 12.7. The number of benzene rings is 2. The van der Waals surface area contributed by atoms with Gasteiger partial charge >= 0.3 is 6.61 Å². The van der Waals surface area contributed by atoms with Crippen LogP contribution in [0.25, 0.3) is 0 Å². The lowest BCUT2D eigenvalue weighted by Crippen LogP contribution is -2.44. The van der Waals surface area contributed by atoms with Crippen molar-refractivity contribution in [1.29, 1.82) is 0 Å². The Morgan fingerprint density at radius 1 is 1.02 bits per heavy atom. The number of aryl methyl sites for hydroxylation is 1. The number of amides is 2. The van der Waals surface area contributed by atoms with Crippen LogP contribution >= 0.6 is 0 Å². The summed E-state index contributed by atoms with van der Waals surface area (Å²) in [5.41, 5.74) is 1.65. The number of aromatic nitrogens is 1. The fraction of sp³-hybridized carbons (Fsp3) is 0.387. The van der Waals surface area contributed by atoms with E-state index in [2.05, 4.69) is 10.1 Å². The summed E-state index contributed by atoms with van der Waals surface area (Å²) >= 11 is 0. The van der Waals surface area contributed by atoms with Crippen LogP contribution in [-0.2, 0) is 16.1 Å². The van der Waals surface area contributed by atoms with Gasteiger partial charge < -0.3 is 29.0 Å². The maximum absolute atomic E-state index is 14.0. The fourth-order valence-corrected chi connectivity index (χ4v) is 5.59. The number of nitrogens with zero attached hydrogens (tertiary/aromatic N) is 2. The number of alkyl halides is 2. The van der Waals surface area contributed by atoms with Crippen LogP contribution in [0.5, 0.6) is 11.5 Å². The summed E-state index contributed by atoms with van der Waals surface area (Å²) in [5, 5.41) is 2.83. The Labute approximate surface area is 242 Å². The van der Waals surface area contributed by atoms with Gasteiger partial charge in [0, 0.05) is 44.0 Å². The molecule has 5 rings (SSSR count). The number of halogens is 2. The summed E-state index contributed by atoms with van der Waals surface area (Å²) in [7, 11) is 1.56. The van der Waals surface area contributed by atoms with Gasteiger partial charge in [-0.15, -0.1) is 0 Å². The first-order chi connectivity index (χ1) is 20.2. The van der Waals surface area contributed by atoms with Gasteiger partial charge in [-0.05, 0) is 79.3 Å². The van der Waals surface area contributed by atoms with Crippen LogP contribution in [0.4, 0.5) is 14.5 Å². The van der Waals surface area contributed by atoms with E-state index in [0.29, 0.717) is 42.7 Å². The van der Waals surface area contributed by atoms with Gasteiger partial charge in [0.15, 0.2) is 0 Å². The highest BCUT2D eigenvalue weighted by Gasteiger charge is 2.44. The number of anilines is 1. The van der Waals surface area contributed by atoms with E-state index in [-0.39, 0.29) is 23.4 Å². The maximum atomic E-state index is 14.0. The molecule has 1 N–H and O–H groups in total. The molecular formula is C31H33F2N3O6. The summed E-state index contributed by atoms with van der Waals surface area (Å²) < 4.78 is 41.8. The lowest BCUT2D eigenvalue weighted by molar-refractivity contribution is -0.118. The number of hydrogen-bond donors (Lipinski definition) is 1. The molecule has 3 heterocycles. The molecule has 0 saturated carbocycles. The van der Waals surface area contributed by atoms with Crippen molar-refractivity contribution in [3.05, 3.63) is 87.8 Å². The molecule has 0 unspecified atom stereocenters. The normalized spacial score (nSPS) is 19.3. The third-order valence-corrected chi connectivity index (χ3v) is 7.89. The molecule has 0 bridgehead atoms. The molecule has 2 amide bonds. The number of carbonyl (C=O) groups is 2. The molecule has 9 nitrogen and oxygen atoms in total. The molecule has 2 aliphatic heterocycles. The standard InChI is InChI=1S/C31H33F2N3O6/c1-19-11-14-35(17-20-12-15-41-16-13-20)30(39)27(19)36-18-25(21-3-7-23(40-2)8-4-21)26(29(36)38)34-28(37)22-5-9-24(10-6-22)42-31(32)33/h3-11,14,20,25-26,31H,12-13,15-18H2,1-2H3,(H,34,37)/t25-,26-/m0/s1. The van der Waals surface area contributed by atoms with Crippen LogP contribution < -0.4 is 25.2 Å². The van der Waals surface area contributed by atoms with E-state index in [0.717, 1.165) is 18.4 Å². The van der Waals surface area contributed by atoms with E-state index < -0.39 is 30.4 Å². The van der Waals surface area contributed by atoms with Gasteiger partial charge in [-0.25, -0.2) is 0 Å². The van der Waals surface area contributed by atoms with Gasteiger partial charge in [-0.3, -0.25) is 14.4 Å². The summed E-state index contributed by atoms with van der Waals surface area (Å²) in [6.07, 6.45) is 3.49. The third-order valence-electron chi connectivity index (χ3n) is 7.89. The number of carbonyl (C=O) groups excluding carboxylic acids is 2. The van der Waals surface area contributed by atoms with Crippen molar-refractivity contribution in [1.82, 2.24) is 9.88 Å². The molecule has 1 aromatic heterocycles. The molecular weight excluding hydrogens is 548 g/mol. The molecule has 222 valence electrons. The van der Waals surface area contributed by atoms with Crippen LogP contribution in [0.3, 0.4) is 0 Å². The molecule has 3 aromatic rings. The van der Waals surface area contributed by atoms with Crippen molar-refractivity contribution in [3.8, 4) is 11.5 Å². The number of ether oxygens (including phenoxy) is 3. The minimum absolute atomic E-state index is 0.0858.